The summed E-state index contributed by atoms with van der Waals surface area (Å²) >= 11 is 6.02. The summed E-state index contributed by atoms with van der Waals surface area (Å²) in [6.45, 7) is 3.52. The summed E-state index contributed by atoms with van der Waals surface area (Å²) in [5, 5.41) is 4.30. The van der Waals surface area contributed by atoms with Crippen LogP contribution in [0.4, 0.5) is 0 Å². The number of benzene rings is 1. The van der Waals surface area contributed by atoms with Crippen molar-refractivity contribution in [3.63, 3.8) is 0 Å². The van der Waals surface area contributed by atoms with E-state index in [1.807, 2.05) is 11.0 Å². The van der Waals surface area contributed by atoms with Gasteiger partial charge >= 0.3 is 0 Å². The Morgan fingerprint density at radius 3 is 2.86 bits per heavy atom. The summed E-state index contributed by atoms with van der Waals surface area (Å²) in [7, 11) is 0. The maximum absolute atomic E-state index is 12.0. The standard InChI is InChI=1S/C16H21ClN2O2/c17-14-2-1-12-10-15(11-13(12)9-14)18-4-3-16(20)19-5-7-21-8-6-19/h1-2,9,15,18H,3-8,10-11H2. The van der Waals surface area contributed by atoms with Crippen molar-refractivity contribution in [3.05, 3.63) is 34.3 Å². The zero-order valence-corrected chi connectivity index (χ0v) is 12.9. The molecule has 0 bridgehead atoms. The highest BCUT2D eigenvalue weighted by molar-refractivity contribution is 6.30. The number of morpholine rings is 1. The van der Waals surface area contributed by atoms with E-state index in [1.54, 1.807) is 0 Å². The smallest absolute Gasteiger partial charge is 0.224 e. The van der Waals surface area contributed by atoms with E-state index in [-0.39, 0.29) is 5.91 Å². The van der Waals surface area contributed by atoms with Crippen molar-refractivity contribution in [2.24, 2.45) is 0 Å². The summed E-state index contributed by atoms with van der Waals surface area (Å²) in [6.07, 6.45) is 2.59. The molecule has 1 aliphatic carbocycles. The van der Waals surface area contributed by atoms with E-state index in [4.69, 9.17) is 16.3 Å². The van der Waals surface area contributed by atoms with E-state index in [0.29, 0.717) is 25.7 Å². The molecule has 3 rings (SSSR count). The van der Waals surface area contributed by atoms with Crippen molar-refractivity contribution in [2.75, 3.05) is 32.8 Å². The predicted octanol–water partition coefficient (Wildman–Crippen LogP) is 1.65. The van der Waals surface area contributed by atoms with Crippen LogP contribution in [0.1, 0.15) is 17.5 Å². The summed E-state index contributed by atoms with van der Waals surface area (Å²) in [5.41, 5.74) is 2.70. The fourth-order valence-corrected chi connectivity index (χ4v) is 3.28. The molecule has 1 heterocycles. The topological polar surface area (TPSA) is 41.6 Å². The molecule has 1 saturated heterocycles. The van der Waals surface area contributed by atoms with Gasteiger partial charge in [-0.3, -0.25) is 4.79 Å². The van der Waals surface area contributed by atoms with Crippen LogP contribution in [0.25, 0.3) is 0 Å². The van der Waals surface area contributed by atoms with E-state index in [2.05, 4.69) is 17.4 Å². The quantitative estimate of drug-likeness (QED) is 0.919. The van der Waals surface area contributed by atoms with Gasteiger partial charge in [-0.2, -0.15) is 0 Å². The number of fused-ring (bicyclic) bond motifs is 1. The van der Waals surface area contributed by atoms with E-state index < -0.39 is 0 Å². The molecule has 114 valence electrons. The van der Waals surface area contributed by atoms with Crippen LogP contribution in [0.3, 0.4) is 0 Å². The molecule has 2 aliphatic rings. The lowest BCUT2D eigenvalue weighted by Crippen LogP contribution is -2.42. The lowest BCUT2D eigenvalue weighted by atomic mass is 10.1. The molecule has 0 aromatic heterocycles. The third kappa shape index (κ3) is 3.76. The van der Waals surface area contributed by atoms with Gasteiger partial charge in [0.05, 0.1) is 13.2 Å². The zero-order chi connectivity index (χ0) is 14.7. The Labute approximate surface area is 130 Å². The second-order valence-corrected chi connectivity index (χ2v) is 6.15. The highest BCUT2D eigenvalue weighted by Crippen LogP contribution is 2.25. The van der Waals surface area contributed by atoms with Gasteiger partial charge in [0.15, 0.2) is 0 Å². The zero-order valence-electron chi connectivity index (χ0n) is 12.1. The average Bonchev–Trinajstić information content (AvgIpc) is 2.89. The second-order valence-electron chi connectivity index (χ2n) is 5.72. The van der Waals surface area contributed by atoms with Crippen LogP contribution in [0.15, 0.2) is 18.2 Å². The fourth-order valence-electron chi connectivity index (χ4n) is 3.09. The first-order valence-corrected chi connectivity index (χ1v) is 7.96. The number of hydrogen-bond acceptors (Lipinski definition) is 3. The van der Waals surface area contributed by atoms with Gasteiger partial charge < -0.3 is 15.0 Å². The van der Waals surface area contributed by atoms with Crippen LogP contribution in [0, 0.1) is 0 Å². The van der Waals surface area contributed by atoms with Crippen LogP contribution in [-0.2, 0) is 22.4 Å². The molecular formula is C16H21ClN2O2. The van der Waals surface area contributed by atoms with Gasteiger partial charge in [-0.05, 0) is 36.1 Å². The Hall–Kier alpha value is -1.10. The van der Waals surface area contributed by atoms with Gasteiger partial charge in [-0.15, -0.1) is 0 Å². The van der Waals surface area contributed by atoms with E-state index >= 15 is 0 Å². The molecule has 0 spiro atoms. The van der Waals surface area contributed by atoms with Gasteiger partial charge in [0.2, 0.25) is 5.91 Å². The number of carbonyl (C=O) groups excluding carboxylic acids is 1. The summed E-state index contributed by atoms with van der Waals surface area (Å²) in [4.78, 5) is 13.9. The first kappa shape index (κ1) is 14.8. The molecule has 1 aromatic carbocycles. The van der Waals surface area contributed by atoms with Crippen molar-refractivity contribution < 1.29 is 9.53 Å². The second kappa shape index (κ2) is 6.77. The monoisotopic (exact) mass is 308 g/mol. The van der Waals surface area contributed by atoms with Crippen molar-refractivity contribution >= 4 is 17.5 Å². The van der Waals surface area contributed by atoms with E-state index in [9.17, 15) is 4.79 Å². The van der Waals surface area contributed by atoms with Gasteiger partial charge in [0, 0.05) is 37.1 Å². The molecule has 1 N–H and O–H groups in total. The predicted molar refractivity (Wildman–Crippen MR) is 82.7 cm³/mol. The summed E-state index contributed by atoms with van der Waals surface area (Å²) < 4.78 is 5.26. The Morgan fingerprint density at radius 1 is 1.29 bits per heavy atom. The maximum atomic E-state index is 12.0. The Kier molecular flexibility index (Phi) is 4.78. The number of hydrogen-bond donors (Lipinski definition) is 1. The minimum atomic E-state index is 0.226. The lowest BCUT2D eigenvalue weighted by Gasteiger charge is -2.27. The molecule has 1 aromatic rings. The normalized spacial score (nSPS) is 21.4. The van der Waals surface area contributed by atoms with Crippen LogP contribution in [0.5, 0.6) is 0 Å². The third-order valence-electron chi connectivity index (χ3n) is 4.24. The molecule has 1 unspecified atom stereocenters. The SMILES string of the molecule is O=C(CCNC1Cc2ccc(Cl)cc2C1)N1CCOCC1. The van der Waals surface area contributed by atoms with Gasteiger partial charge in [-0.25, -0.2) is 0 Å². The molecule has 1 amide bonds. The number of ether oxygens (including phenoxy) is 1. The molecule has 1 fully saturated rings. The number of rotatable bonds is 4. The van der Waals surface area contributed by atoms with Crippen LogP contribution < -0.4 is 5.32 Å². The third-order valence-corrected chi connectivity index (χ3v) is 4.47. The Balaban J connectivity index is 1.42. The van der Waals surface area contributed by atoms with Crippen LogP contribution >= 0.6 is 11.6 Å². The van der Waals surface area contributed by atoms with Gasteiger partial charge in [0.1, 0.15) is 0 Å². The summed E-state index contributed by atoms with van der Waals surface area (Å²) in [5.74, 6) is 0.226. The fraction of sp³-hybridized carbons (Fsp3) is 0.562. The minimum Gasteiger partial charge on any atom is -0.378 e. The highest BCUT2D eigenvalue weighted by atomic mass is 35.5. The largest absolute Gasteiger partial charge is 0.378 e. The first-order valence-electron chi connectivity index (χ1n) is 7.58. The molecule has 0 radical (unpaired) electrons. The minimum absolute atomic E-state index is 0.226. The van der Waals surface area contributed by atoms with Crippen molar-refractivity contribution in [1.29, 1.82) is 0 Å². The van der Waals surface area contributed by atoms with Crippen molar-refractivity contribution in [2.45, 2.75) is 25.3 Å². The number of nitrogens with zero attached hydrogens (tertiary/aromatic N) is 1. The van der Waals surface area contributed by atoms with Gasteiger partial charge in [0.25, 0.3) is 0 Å². The Morgan fingerprint density at radius 2 is 2.05 bits per heavy atom. The highest BCUT2D eigenvalue weighted by Gasteiger charge is 2.22. The maximum Gasteiger partial charge on any atom is 0.224 e. The molecule has 0 saturated carbocycles. The van der Waals surface area contributed by atoms with E-state index in [0.717, 1.165) is 37.5 Å². The summed E-state index contributed by atoms with van der Waals surface area (Å²) in [6, 6.07) is 6.54. The number of amides is 1. The van der Waals surface area contributed by atoms with Crippen molar-refractivity contribution in [1.82, 2.24) is 10.2 Å². The molecular weight excluding hydrogens is 288 g/mol. The average molecular weight is 309 g/mol. The van der Waals surface area contributed by atoms with Crippen LogP contribution in [-0.4, -0.2) is 49.7 Å². The first-order chi connectivity index (χ1) is 10.2. The molecule has 21 heavy (non-hydrogen) atoms. The molecule has 4 nitrogen and oxygen atoms in total. The molecule has 5 heteroatoms. The molecule has 1 aliphatic heterocycles. The Bertz CT molecular complexity index is 515. The lowest BCUT2D eigenvalue weighted by molar-refractivity contribution is -0.135. The van der Waals surface area contributed by atoms with Crippen LogP contribution in [0.2, 0.25) is 5.02 Å². The number of halogens is 1. The van der Waals surface area contributed by atoms with Crippen molar-refractivity contribution in [3.8, 4) is 0 Å². The van der Waals surface area contributed by atoms with Gasteiger partial charge in [-0.1, -0.05) is 17.7 Å². The number of nitrogens with one attached hydrogen (secondary N) is 1. The van der Waals surface area contributed by atoms with E-state index in [1.165, 1.54) is 11.1 Å². The number of carbonyl (C=O) groups is 1. The molecule has 1 atom stereocenters.